The lowest BCUT2D eigenvalue weighted by molar-refractivity contribution is 0.736. The lowest BCUT2D eigenvalue weighted by Crippen LogP contribution is -2.08. The molecule has 0 fully saturated rings. The highest BCUT2D eigenvalue weighted by Crippen LogP contribution is 2.25. The summed E-state index contributed by atoms with van der Waals surface area (Å²) in [6, 6.07) is 10.9. The van der Waals surface area contributed by atoms with Crippen LogP contribution in [0, 0.1) is 6.92 Å². The fraction of sp³-hybridized carbons (Fsp3) is 0.286. The highest BCUT2D eigenvalue weighted by Gasteiger charge is 2.11. The second kappa shape index (κ2) is 8.28. The molecule has 4 nitrogen and oxygen atoms in total. The van der Waals surface area contributed by atoms with Gasteiger partial charge in [-0.25, -0.2) is 4.98 Å². The Morgan fingerprint density at radius 3 is 2.58 bits per heavy atom. The van der Waals surface area contributed by atoms with E-state index in [9.17, 15) is 0 Å². The summed E-state index contributed by atoms with van der Waals surface area (Å²) in [6.07, 6.45) is 7.92. The van der Waals surface area contributed by atoms with Gasteiger partial charge in [-0.1, -0.05) is 36.7 Å². The number of benzene rings is 1. The number of nitrogens with one attached hydrogen (secondary N) is 1. The molecule has 0 aliphatic rings. The summed E-state index contributed by atoms with van der Waals surface area (Å²) < 4.78 is 0. The van der Waals surface area contributed by atoms with E-state index in [1.165, 1.54) is 16.7 Å². The van der Waals surface area contributed by atoms with Crippen LogP contribution in [0.1, 0.15) is 48.2 Å². The molecule has 2 atom stereocenters. The van der Waals surface area contributed by atoms with Crippen LogP contribution in [-0.2, 0) is 6.42 Å². The van der Waals surface area contributed by atoms with Crippen molar-refractivity contribution in [1.29, 1.82) is 0 Å². The van der Waals surface area contributed by atoms with Crippen LogP contribution in [-0.4, -0.2) is 15.0 Å². The van der Waals surface area contributed by atoms with Gasteiger partial charge in [0.05, 0.1) is 17.9 Å². The van der Waals surface area contributed by atoms with Gasteiger partial charge in [0.1, 0.15) is 5.15 Å². The molecule has 2 aromatic heterocycles. The molecule has 0 saturated heterocycles. The zero-order valence-corrected chi connectivity index (χ0v) is 16.0. The first-order valence-corrected chi connectivity index (χ1v) is 9.13. The predicted molar refractivity (Wildman–Crippen MR) is 107 cm³/mol. The monoisotopic (exact) mass is 366 g/mol. The van der Waals surface area contributed by atoms with Gasteiger partial charge in [-0.15, -0.1) is 0 Å². The molecule has 1 unspecified atom stereocenters. The molecule has 1 aromatic carbocycles. The maximum absolute atomic E-state index is 5.94. The average molecular weight is 367 g/mol. The zero-order chi connectivity index (χ0) is 18.5. The SMILES string of the molecule is Cc1cncc(C(C)Nc2cccc([C@H](C)Cc3cncc(Cl)n3)c2)c1. The summed E-state index contributed by atoms with van der Waals surface area (Å²) in [4.78, 5) is 12.7. The van der Waals surface area contributed by atoms with Gasteiger partial charge < -0.3 is 5.32 Å². The number of rotatable bonds is 6. The number of nitrogens with zero attached hydrogens (tertiary/aromatic N) is 3. The molecule has 0 radical (unpaired) electrons. The maximum Gasteiger partial charge on any atom is 0.147 e. The van der Waals surface area contributed by atoms with E-state index in [-0.39, 0.29) is 6.04 Å². The summed E-state index contributed by atoms with van der Waals surface area (Å²) in [6.45, 7) is 6.40. The Morgan fingerprint density at radius 2 is 1.81 bits per heavy atom. The highest BCUT2D eigenvalue weighted by molar-refractivity contribution is 6.29. The van der Waals surface area contributed by atoms with Crippen LogP contribution in [0.15, 0.2) is 55.1 Å². The van der Waals surface area contributed by atoms with Crippen molar-refractivity contribution in [3.63, 3.8) is 0 Å². The minimum absolute atomic E-state index is 0.187. The van der Waals surface area contributed by atoms with Crippen molar-refractivity contribution in [2.24, 2.45) is 0 Å². The van der Waals surface area contributed by atoms with E-state index in [1.54, 1.807) is 12.4 Å². The van der Waals surface area contributed by atoms with Crippen LogP contribution in [0.3, 0.4) is 0 Å². The fourth-order valence-electron chi connectivity index (χ4n) is 2.99. The van der Waals surface area contributed by atoms with Gasteiger partial charge >= 0.3 is 0 Å². The lowest BCUT2D eigenvalue weighted by atomic mass is 9.96. The first-order valence-electron chi connectivity index (χ1n) is 8.75. The largest absolute Gasteiger partial charge is 0.378 e. The Morgan fingerprint density at radius 1 is 1.00 bits per heavy atom. The number of aryl methyl sites for hydroxylation is 1. The molecular weight excluding hydrogens is 344 g/mol. The summed E-state index contributed by atoms with van der Waals surface area (Å²) in [5.74, 6) is 0.320. The molecule has 26 heavy (non-hydrogen) atoms. The van der Waals surface area contributed by atoms with Crippen molar-refractivity contribution >= 4 is 17.3 Å². The Bertz CT molecular complexity index is 881. The molecule has 0 amide bonds. The quantitative estimate of drug-likeness (QED) is 0.638. The molecule has 5 heteroatoms. The number of hydrogen-bond acceptors (Lipinski definition) is 4. The van der Waals surface area contributed by atoms with Gasteiger partial charge in [-0.05, 0) is 55.0 Å². The fourth-order valence-corrected chi connectivity index (χ4v) is 3.16. The third-order valence-corrected chi connectivity index (χ3v) is 4.59. The standard InChI is InChI=1S/C21H23ClN4/c1-14-7-18(11-23-10-14)16(3)25-19-6-4-5-17(9-19)15(2)8-20-12-24-13-21(22)26-20/h4-7,9-13,15-16,25H,8H2,1-3H3/t15-,16?/m1/s1. The predicted octanol–water partition coefficient (Wildman–Crippen LogP) is 5.35. The van der Waals surface area contributed by atoms with E-state index in [1.807, 2.05) is 12.4 Å². The first-order chi connectivity index (χ1) is 12.5. The van der Waals surface area contributed by atoms with Crippen LogP contribution in [0.2, 0.25) is 5.15 Å². The Kier molecular flexibility index (Phi) is 5.84. The van der Waals surface area contributed by atoms with Gasteiger partial charge in [0.25, 0.3) is 0 Å². The van der Waals surface area contributed by atoms with Gasteiger partial charge in [0.15, 0.2) is 0 Å². The van der Waals surface area contributed by atoms with Gasteiger partial charge in [-0.2, -0.15) is 0 Å². The molecule has 2 heterocycles. The maximum atomic E-state index is 5.94. The lowest BCUT2D eigenvalue weighted by Gasteiger charge is -2.18. The van der Waals surface area contributed by atoms with E-state index >= 15 is 0 Å². The van der Waals surface area contributed by atoms with Crippen molar-refractivity contribution in [3.05, 3.63) is 82.7 Å². The Balaban J connectivity index is 1.71. The number of aromatic nitrogens is 3. The number of hydrogen-bond donors (Lipinski definition) is 1. The molecule has 0 bridgehead atoms. The van der Waals surface area contributed by atoms with E-state index in [0.29, 0.717) is 11.1 Å². The number of halogens is 1. The smallest absolute Gasteiger partial charge is 0.147 e. The normalized spacial score (nSPS) is 13.2. The molecule has 0 aliphatic heterocycles. The summed E-state index contributed by atoms with van der Waals surface area (Å²) >= 11 is 5.94. The highest BCUT2D eigenvalue weighted by atomic mass is 35.5. The van der Waals surface area contributed by atoms with Crippen LogP contribution in [0.25, 0.3) is 0 Å². The number of pyridine rings is 1. The topological polar surface area (TPSA) is 50.7 Å². The minimum Gasteiger partial charge on any atom is -0.378 e. The Hall–Kier alpha value is -2.46. The van der Waals surface area contributed by atoms with E-state index < -0.39 is 0 Å². The third kappa shape index (κ3) is 4.79. The molecular formula is C21H23ClN4. The van der Waals surface area contributed by atoms with Crippen molar-refractivity contribution in [3.8, 4) is 0 Å². The molecule has 3 rings (SSSR count). The Labute approximate surface area is 159 Å². The van der Waals surface area contributed by atoms with Crippen LogP contribution in [0.4, 0.5) is 5.69 Å². The summed E-state index contributed by atoms with van der Waals surface area (Å²) in [5.41, 5.74) is 5.60. The molecule has 3 aromatic rings. The van der Waals surface area contributed by atoms with Crippen molar-refractivity contribution < 1.29 is 0 Å². The van der Waals surface area contributed by atoms with Crippen LogP contribution >= 0.6 is 11.6 Å². The summed E-state index contributed by atoms with van der Waals surface area (Å²) in [7, 11) is 0. The minimum atomic E-state index is 0.187. The zero-order valence-electron chi connectivity index (χ0n) is 15.3. The molecule has 0 aliphatic carbocycles. The summed E-state index contributed by atoms with van der Waals surface area (Å²) in [5, 5.41) is 4.00. The van der Waals surface area contributed by atoms with E-state index in [2.05, 4.69) is 71.4 Å². The average Bonchev–Trinajstić information content (AvgIpc) is 2.62. The van der Waals surface area contributed by atoms with E-state index in [4.69, 9.17) is 11.6 Å². The van der Waals surface area contributed by atoms with Crippen molar-refractivity contribution in [2.75, 3.05) is 5.32 Å². The molecule has 134 valence electrons. The van der Waals surface area contributed by atoms with E-state index in [0.717, 1.165) is 17.8 Å². The van der Waals surface area contributed by atoms with Gasteiger partial charge in [0.2, 0.25) is 0 Å². The van der Waals surface area contributed by atoms with Crippen molar-refractivity contribution in [1.82, 2.24) is 15.0 Å². The molecule has 0 saturated carbocycles. The first kappa shape index (κ1) is 18.3. The van der Waals surface area contributed by atoms with Crippen LogP contribution < -0.4 is 5.32 Å². The van der Waals surface area contributed by atoms with Gasteiger partial charge in [0, 0.05) is 24.3 Å². The second-order valence-electron chi connectivity index (χ2n) is 6.73. The second-order valence-corrected chi connectivity index (χ2v) is 7.11. The number of anilines is 1. The van der Waals surface area contributed by atoms with Gasteiger partial charge in [-0.3, -0.25) is 9.97 Å². The molecule has 1 N–H and O–H groups in total. The third-order valence-electron chi connectivity index (χ3n) is 4.41. The molecule has 0 spiro atoms. The van der Waals surface area contributed by atoms with Crippen LogP contribution in [0.5, 0.6) is 0 Å². The van der Waals surface area contributed by atoms with Crippen molar-refractivity contribution in [2.45, 2.75) is 39.2 Å².